The first-order chi connectivity index (χ1) is 13.0. The highest BCUT2D eigenvalue weighted by atomic mass is 32.2. The van der Waals surface area contributed by atoms with E-state index in [4.69, 9.17) is 9.47 Å². The molecule has 4 rings (SSSR count). The number of rotatable bonds is 5. The van der Waals surface area contributed by atoms with E-state index in [1.165, 1.54) is 0 Å². The summed E-state index contributed by atoms with van der Waals surface area (Å²) in [7, 11) is -3.72. The zero-order valence-electron chi connectivity index (χ0n) is 14.8. The molecule has 0 saturated heterocycles. The number of fused-ring (bicyclic) bond motifs is 1. The SMILES string of the molecule is CC(NS(=O)(=O)c1ccccc1-c1ccccc1)c1ccc2c(c1)OCO2. The fourth-order valence-corrected chi connectivity index (χ4v) is 4.57. The fourth-order valence-electron chi connectivity index (χ4n) is 3.10. The quantitative estimate of drug-likeness (QED) is 0.722. The zero-order chi connectivity index (χ0) is 18.9. The molecule has 0 aliphatic carbocycles. The third-order valence-corrected chi connectivity index (χ3v) is 6.09. The zero-order valence-corrected chi connectivity index (χ0v) is 15.6. The van der Waals surface area contributed by atoms with Gasteiger partial charge in [-0.05, 0) is 36.2 Å². The Bertz CT molecular complexity index is 1060. The van der Waals surface area contributed by atoms with E-state index in [9.17, 15) is 8.42 Å². The summed E-state index contributed by atoms with van der Waals surface area (Å²) in [5.41, 5.74) is 2.33. The monoisotopic (exact) mass is 381 g/mol. The average molecular weight is 381 g/mol. The van der Waals surface area contributed by atoms with Crippen LogP contribution in [0, 0.1) is 0 Å². The van der Waals surface area contributed by atoms with Crippen LogP contribution >= 0.6 is 0 Å². The molecule has 1 heterocycles. The van der Waals surface area contributed by atoms with E-state index >= 15 is 0 Å². The maximum Gasteiger partial charge on any atom is 0.241 e. The van der Waals surface area contributed by atoms with Gasteiger partial charge in [-0.1, -0.05) is 54.6 Å². The first-order valence-electron chi connectivity index (χ1n) is 8.61. The van der Waals surface area contributed by atoms with E-state index in [0.29, 0.717) is 17.1 Å². The summed E-state index contributed by atoms with van der Waals surface area (Å²) in [6, 6.07) is 21.5. The highest BCUT2D eigenvalue weighted by Crippen LogP contribution is 2.35. The lowest BCUT2D eigenvalue weighted by Gasteiger charge is -2.17. The van der Waals surface area contributed by atoms with Gasteiger partial charge in [0, 0.05) is 11.6 Å². The normalized spacial score (nSPS) is 14.1. The minimum absolute atomic E-state index is 0.184. The summed E-state index contributed by atoms with van der Waals surface area (Å²) in [6.07, 6.45) is 0. The van der Waals surface area contributed by atoms with Crippen molar-refractivity contribution in [3.63, 3.8) is 0 Å². The molecule has 27 heavy (non-hydrogen) atoms. The molecule has 1 aliphatic rings. The lowest BCUT2D eigenvalue weighted by atomic mass is 10.1. The van der Waals surface area contributed by atoms with E-state index in [2.05, 4.69) is 4.72 Å². The number of hydrogen-bond acceptors (Lipinski definition) is 4. The maximum absolute atomic E-state index is 13.1. The Morgan fingerprint density at radius 3 is 2.41 bits per heavy atom. The van der Waals surface area contributed by atoms with Crippen LogP contribution in [0.1, 0.15) is 18.5 Å². The smallest absolute Gasteiger partial charge is 0.241 e. The highest BCUT2D eigenvalue weighted by molar-refractivity contribution is 7.89. The summed E-state index contributed by atoms with van der Waals surface area (Å²) in [6.45, 7) is 1.99. The second kappa shape index (κ2) is 7.06. The molecule has 1 aliphatic heterocycles. The fraction of sp³-hybridized carbons (Fsp3) is 0.143. The molecule has 3 aromatic rings. The minimum atomic E-state index is -3.72. The van der Waals surface area contributed by atoms with E-state index in [1.807, 2.05) is 48.5 Å². The Hall–Kier alpha value is -2.83. The summed E-state index contributed by atoms with van der Waals surface area (Å²) < 4.78 is 39.6. The van der Waals surface area contributed by atoms with Crippen molar-refractivity contribution in [1.29, 1.82) is 0 Å². The largest absolute Gasteiger partial charge is 0.454 e. The predicted octanol–water partition coefficient (Wildman–Crippen LogP) is 4.12. The standard InChI is InChI=1S/C21H19NO4S/c1-15(17-11-12-19-20(13-17)26-14-25-19)22-27(23,24)21-10-6-5-9-18(21)16-7-3-2-4-8-16/h2-13,15,22H,14H2,1H3. The van der Waals surface area contributed by atoms with E-state index in [0.717, 1.165) is 11.1 Å². The van der Waals surface area contributed by atoms with Gasteiger partial charge in [0.1, 0.15) is 0 Å². The Labute approximate surface area is 158 Å². The molecule has 5 nitrogen and oxygen atoms in total. The summed E-state index contributed by atoms with van der Waals surface area (Å²) in [5.74, 6) is 1.30. The summed E-state index contributed by atoms with van der Waals surface area (Å²) in [4.78, 5) is 0.254. The Morgan fingerprint density at radius 1 is 0.889 bits per heavy atom. The van der Waals surface area contributed by atoms with Crippen molar-refractivity contribution in [3.05, 3.63) is 78.4 Å². The third kappa shape index (κ3) is 3.54. The van der Waals surface area contributed by atoms with Crippen molar-refractivity contribution in [2.45, 2.75) is 17.9 Å². The lowest BCUT2D eigenvalue weighted by molar-refractivity contribution is 0.174. The van der Waals surface area contributed by atoms with Crippen LogP contribution in [0.4, 0.5) is 0 Å². The third-order valence-electron chi connectivity index (χ3n) is 4.49. The van der Waals surface area contributed by atoms with Crippen LogP contribution in [0.15, 0.2) is 77.7 Å². The van der Waals surface area contributed by atoms with E-state index in [1.54, 1.807) is 31.2 Å². The molecular weight excluding hydrogens is 362 g/mol. The molecule has 0 bridgehead atoms. The van der Waals surface area contributed by atoms with Crippen molar-refractivity contribution in [3.8, 4) is 22.6 Å². The minimum Gasteiger partial charge on any atom is -0.454 e. The number of ether oxygens (including phenoxy) is 2. The number of benzene rings is 3. The van der Waals surface area contributed by atoms with Crippen LogP contribution < -0.4 is 14.2 Å². The van der Waals surface area contributed by atoms with Crippen LogP contribution in [0.3, 0.4) is 0 Å². The predicted molar refractivity (Wildman–Crippen MR) is 103 cm³/mol. The van der Waals surface area contributed by atoms with Gasteiger partial charge >= 0.3 is 0 Å². The van der Waals surface area contributed by atoms with Crippen molar-refractivity contribution in [1.82, 2.24) is 4.72 Å². The second-order valence-electron chi connectivity index (χ2n) is 6.32. The van der Waals surface area contributed by atoms with Crippen LogP contribution in [-0.4, -0.2) is 15.2 Å². The molecule has 0 amide bonds. The number of hydrogen-bond donors (Lipinski definition) is 1. The van der Waals surface area contributed by atoms with Gasteiger partial charge in [-0.3, -0.25) is 0 Å². The molecule has 1 N–H and O–H groups in total. The Balaban J connectivity index is 1.65. The molecule has 0 fully saturated rings. The van der Waals surface area contributed by atoms with Crippen molar-refractivity contribution >= 4 is 10.0 Å². The number of sulfonamides is 1. The Kier molecular flexibility index (Phi) is 4.59. The topological polar surface area (TPSA) is 64.6 Å². The Morgan fingerprint density at radius 2 is 1.59 bits per heavy atom. The van der Waals surface area contributed by atoms with Crippen LogP contribution in [0.2, 0.25) is 0 Å². The molecule has 0 aromatic heterocycles. The van der Waals surface area contributed by atoms with Crippen molar-refractivity contribution in [2.24, 2.45) is 0 Å². The van der Waals surface area contributed by atoms with E-state index < -0.39 is 16.1 Å². The molecule has 3 aromatic carbocycles. The van der Waals surface area contributed by atoms with Gasteiger partial charge in [0.2, 0.25) is 16.8 Å². The molecular formula is C21H19NO4S. The van der Waals surface area contributed by atoms with E-state index in [-0.39, 0.29) is 11.7 Å². The second-order valence-corrected chi connectivity index (χ2v) is 8.00. The highest BCUT2D eigenvalue weighted by Gasteiger charge is 2.23. The average Bonchev–Trinajstić information content (AvgIpc) is 3.16. The van der Waals surface area contributed by atoms with Gasteiger partial charge in [-0.25, -0.2) is 13.1 Å². The van der Waals surface area contributed by atoms with Gasteiger partial charge in [0.25, 0.3) is 0 Å². The molecule has 0 spiro atoms. The van der Waals surface area contributed by atoms with Gasteiger partial charge in [-0.15, -0.1) is 0 Å². The number of nitrogens with one attached hydrogen (secondary N) is 1. The van der Waals surface area contributed by atoms with Gasteiger partial charge in [0.15, 0.2) is 11.5 Å². The van der Waals surface area contributed by atoms with Crippen molar-refractivity contribution < 1.29 is 17.9 Å². The molecule has 1 atom stereocenters. The summed E-state index contributed by atoms with van der Waals surface area (Å²) >= 11 is 0. The van der Waals surface area contributed by atoms with Crippen LogP contribution in [0.5, 0.6) is 11.5 Å². The summed E-state index contributed by atoms with van der Waals surface area (Å²) in [5, 5.41) is 0. The first-order valence-corrected chi connectivity index (χ1v) is 10.1. The maximum atomic E-state index is 13.1. The van der Waals surface area contributed by atoms with Gasteiger partial charge in [0.05, 0.1) is 4.90 Å². The lowest BCUT2D eigenvalue weighted by Crippen LogP contribution is -2.27. The van der Waals surface area contributed by atoms with Gasteiger partial charge < -0.3 is 9.47 Å². The molecule has 6 heteroatoms. The molecule has 138 valence electrons. The molecule has 1 unspecified atom stereocenters. The van der Waals surface area contributed by atoms with Crippen molar-refractivity contribution in [2.75, 3.05) is 6.79 Å². The van der Waals surface area contributed by atoms with Crippen LogP contribution in [0.25, 0.3) is 11.1 Å². The molecule has 0 saturated carbocycles. The first kappa shape index (κ1) is 17.6. The van der Waals surface area contributed by atoms with Crippen LogP contribution in [-0.2, 0) is 10.0 Å². The molecule has 0 radical (unpaired) electrons. The van der Waals surface area contributed by atoms with Gasteiger partial charge in [-0.2, -0.15) is 0 Å².